The van der Waals surface area contributed by atoms with E-state index in [-0.39, 0.29) is 0 Å². The third-order valence-electron chi connectivity index (χ3n) is 4.28. The summed E-state index contributed by atoms with van der Waals surface area (Å²) in [6.45, 7) is 0.854. The maximum absolute atomic E-state index is 5.86. The van der Waals surface area contributed by atoms with Crippen molar-refractivity contribution in [3.63, 3.8) is 0 Å². The molecule has 2 atom stereocenters. The van der Waals surface area contributed by atoms with Crippen LogP contribution >= 0.6 is 0 Å². The van der Waals surface area contributed by atoms with Gasteiger partial charge in [-0.05, 0) is 49.3 Å². The van der Waals surface area contributed by atoms with Gasteiger partial charge in [0.25, 0.3) is 0 Å². The van der Waals surface area contributed by atoms with E-state index in [1.165, 1.54) is 42.1 Å². The minimum absolute atomic E-state index is 0.740. The molecule has 0 saturated heterocycles. The number of para-hydroxylation sites is 1. The summed E-state index contributed by atoms with van der Waals surface area (Å²) in [7, 11) is 0. The van der Waals surface area contributed by atoms with E-state index in [0.29, 0.717) is 0 Å². The van der Waals surface area contributed by atoms with E-state index >= 15 is 0 Å². The molecule has 3 N–H and O–H groups in total. The van der Waals surface area contributed by atoms with Gasteiger partial charge in [0.15, 0.2) is 0 Å². The number of aromatic amines is 1. The van der Waals surface area contributed by atoms with Crippen molar-refractivity contribution >= 4 is 10.9 Å². The predicted octanol–water partition coefficient (Wildman–Crippen LogP) is 3.09. The van der Waals surface area contributed by atoms with Crippen LogP contribution in [0, 0.1) is 11.8 Å². The molecular formula is C15H20N2. The molecule has 1 aliphatic rings. The summed E-state index contributed by atoms with van der Waals surface area (Å²) >= 11 is 0. The molecule has 2 heteroatoms. The molecule has 1 heterocycles. The predicted molar refractivity (Wildman–Crippen MR) is 71.9 cm³/mol. The summed E-state index contributed by atoms with van der Waals surface area (Å²) < 4.78 is 0. The van der Waals surface area contributed by atoms with Crippen LogP contribution in [-0.4, -0.2) is 11.5 Å². The molecular weight excluding hydrogens is 208 g/mol. The maximum Gasteiger partial charge on any atom is 0.0456 e. The fraction of sp³-hybridized carbons (Fsp3) is 0.467. The second-order valence-corrected chi connectivity index (χ2v) is 5.25. The Balaban J connectivity index is 1.85. The van der Waals surface area contributed by atoms with Crippen molar-refractivity contribution in [2.24, 2.45) is 17.6 Å². The molecule has 0 amide bonds. The van der Waals surface area contributed by atoms with Crippen LogP contribution in [0.4, 0.5) is 0 Å². The largest absolute Gasteiger partial charge is 0.361 e. The average Bonchev–Trinajstić information content (AvgIpc) is 2.97. The number of hydrogen-bond acceptors (Lipinski definition) is 1. The summed E-state index contributed by atoms with van der Waals surface area (Å²) in [5, 5.41) is 1.38. The summed E-state index contributed by atoms with van der Waals surface area (Å²) in [4.78, 5) is 3.36. The van der Waals surface area contributed by atoms with E-state index in [2.05, 4.69) is 35.4 Å². The van der Waals surface area contributed by atoms with Crippen molar-refractivity contribution < 1.29 is 0 Å². The van der Waals surface area contributed by atoms with Gasteiger partial charge < -0.3 is 10.7 Å². The number of hydrogen-bond donors (Lipinski definition) is 2. The zero-order valence-corrected chi connectivity index (χ0v) is 10.2. The first kappa shape index (κ1) is 10.8. The summed E-state index contributed by atoms with van der Waals surface area (Å²) in [5.41, 5.74) is 8.58. The number of benzene rings is 1. The number of nitrogens with one attached hydrogen (secondary N) is 1. The highest BCUT2D eigenvalue weighted by molar-refractivity contribution is 5.83. The molecule has 0 spiro atoms. The van der Waals surface area contributed by atoms with Crippen LogP contribution in [0.3, 0.4) is 0 Å². The van der Waals surface area contributed by atoms with E-state index in [9.17, 15) is 0 Å². The van der Waals surface area contributed by atoms with E-state index in [1.807, 2.05) is 0 Å². The van der Waals surface area contributed by atoms with Gasteiger partial charge in [0.05, 0.1) is 0 Å². The average molecular weight is 228 g/mol. The zero-order chi connectivity index (χ0) is 11.7. The SMILES string of the molecule is NCC1CCCC1Cc1c[nH]c2ccccc12. The number of rotatable bonds is 3. The molecule has 0 radical (unpaired) electrons. The molecule has 2 unspecified atom stereocenters. The maximum atomic E-state index is 5.86. The number of fused-ring (bicyclic) bond motifs is 1. The first-order chi connectivity index (χ1) is 8.38. The normalized spacial score (nSPS) is 24.5. The number of aromatic nitrogens is 1. The Morgan fingerprint density at radius 3 is 2.88 bits per heavy atom. The third kappa shape index (κ3) is 1.98. The lowest BCUT2D eigenvalue weighted by molar-refractivity contribution is 0.395. The molecule has 2 aromatic rings. The lowest BCUT2D eigenvalue weighted by Crippen LogP contribution is -2.19. The summed E-state index contributed by atoms with van der Waals surface area (Å²) in [5.74, 6) is 1.53. The van der Waals surface area contributed by atoms with Gasteiger partial charge in [-0.1, -0.05) is 24.6 Å². The van der Waals surface area contributed by atoms with Gasteiger partial charge in [-0.25, -0.2) is 0 Å². The molecule has 17 heavy (non-hydrogen) atoms. The minimum atomic E-state index is 0.740. The van der Waals surface area contributed by atoms with Crippen LogP contribution < -0.4 is 5.73 Å². The van der Waals surface area contributed by atoms with E-state index < -0.39 is 0 Å². The van der Waals surface area contributed by atoms with Gasteiger partial charge in [-0.2, -0.15) is 0 Å². The number of nitrogens with two attached hydrogens (primary N) is 1. The first-order valence-corrected chi connectivity index (χ1v) is 6.63. The van der Waals surface area contributed by atoms with E-state index in [4.69, 9.17) is 5.73 Å². The Labute approximate surface area is 102 Å². The second kappa shape index (κ2) is 4.53. The zero-order valence-electron chi connectivity index (χ0n) is 10.2. The quantitative estimate of drug-likeness (QED) is 0.833. The van der Waals surface area contributed by atoms with Crippen molar-refractivity contribution in [2.45, 2.75) is 25.7 Å². The van der Waals surface area contributed by atoms with Crippen molar-refractivity contribution in [1.29, 1.82) is 0 Å². The highest BCUT2D eigenvalue weighted by Crippen LogP contribution is 2.34. The molecule has 0 aliphatic heterocycles. The fourth-order valence-electron chi connectivity index (χ4n) is 3.28. The molecule has 1 fully saturated rings. The topological polar surface area (TPSA) is 41.8 Å². The smallest absolute Gasteiger partial charge is 0.0456 e. The summed E-state index contributed by atoms with van der Waals surface area (Å²) in [6, 6.07) is 8.57. The van der Waals surface area contributed by atoms with Crippen molar-refractivity contribution in [3.05, 3.63) is 36.0 Å². The van der Waals surface area contributed by atoms with Crippen LogP contribution in [0.15, 0.2) is 30.5 Å². The van der Waals surface area contributed by atoms with Crippen molar-refractivity contribution in [1.82, 2.24) is 4.98 Å². The lowest BCUT2D eigenvalue weighted by Gasteiger charge is -2.17. The molecule has 2 nitrogen and oxygen atoms in total. The second-order valence-electron chi connectivity index (χ2n) is 5.25. The van der Waals surface area contributed by atoms with Crippen LogP contribution in [0.5, 0.6) is 0 Å². The highest BCUT2D eigenvalue weighted by atomic mass is 14.7. The van der Waals surface area contributed by atoms with E-state index in [1.54, 1.807) is 0 Å². The van der Waals surface area contributed by atoms with Gasteiger partial charge in [0, 0.05) is 17.1 Å². The van der Waals surface area contributed by atoms with Gasteiger partial charge >= 0.3 is 0 Å². The lowest BCUT2D eigenvalue weighted by atomic mass is 9.89. The number of H-pyrrole nitrogens is 1. The van der Waals surface area contributed by atoms with Crippen LogP contribution in [0.25, 0.3) is 10.9 Å². The Bertz CT molecular complexity index is 500. The van der Waals surface area contributed by atoms with Gasteiger partial charge in [-0.3, -0.25) is 0 Å². The minimum Gasteiger partial charge on any atom is -0.361 e. The van der Waals surface area contributed by atoms with Crippen molar-refractivity contribution in [2.75, 3.05) is 6.54 Å². The standard InChI is InChI=1S/C15H20N2/c16-9-12-5-3-4-11(12)8-13-10-17-15-7-2-1-6-14(13)15/h1-2,6-7,10-12,17H,3-5,8-9,16H2. The van der Waals surface area contributed by atoms with Gasteiger partial charge in [-0.15, -0.1) is 0 Å². The molecule has 1 aliphatic carbocycles. The third-order valence-corrected chi connectivity index (χ3v) is 4.28. The Morgan fingerprint density at radius 2 is 2.00 bits per heavy atom. The van der Waals surface area contributed by atoms with Crippen LogP contribution in [-0.2, 0) is 6.42 Å². The molecule has 90 valence electrons. The molecule has 1 saturated carbocycles. The Hall–Kier alpha value is -1.28. The molecule has 1 aromatic carbocycles. The highest BCUT2D eigenvalue weighted by Gasteiger charge is 2.26. The Morgan fingerprint density at radius 1 is 1.18 bits per heavy atom. The van der Waals surface area contributed by atoms with Gasteiger partial charge in [0.2, 0.25) is 0 Å². The molecule has 0 bridgehead atoms. The molecule has 1 aromatic heterocycles. The van der Waals surface area contributed by atoms with Gasteiger partial charge in [0.1, 0.15) is 0 Å². The fourth-order valence-corrected chi connectivity index (χ4v) is 3.28. The van der Waals surface area contributed by atoms with Crippen LogP contribution in [0.1, 0.15) is 24.8 Å². The molecule has 3 rings (SSSR count). The Kier molecular flexibility index (Phi) is 2.89. The summed E-state index contributed by atoms with van der Waals surface area (Å²) in [6.07, 6.45) is 7.39. The van der Waals surface area contributed by atoms with E-state index in [0.717, 1.165) is 18.4 Å². The van der Waals surface area contributed by atoms with Crippen molar-refractivity contribution in [3.8, 4) is 0 Å². The monoisotopic (exact) mass is 228 g/mol. The first-order valence-electron chi connectivity index (χ1n) is 6.63. The van der Waals surface area contributed by atoms with Crippen LogP contribution in [0.2, 0.25) is 0 Å².